The maximum absolute atomic E-state index is 13.2. The van der Waals surface area contributed by atoms with Crippen molar-refractivity contribution in [3.8, 4) is 17.0 Å². The number of ketones is 1. The lowest BCUT2D eigenvalue weighted by molar-refractivity contribution is -0.117. The van der Waals surface area contributed by atoms with Gasteiger partial charge < -0.3 is 15.4 Å². The van der Waals surface area contributed by atoms with E-state index in [-0.39, 0.29) is 24.4 Å². The van der Waals surface area contributed by atoms with E-state index in [1.807, 2.05) is 12.1 Å². The SMILES string of the molecule is CCC(=O)c1cnc(NC(=O)[C@H]2C[C@H]2F)cc1Nc1cccc(-c2cnccn2)c1OC. The summed E-state index contributed by atoms with van der Waals surface area (Å²) in [5.41, 5.74) is 2.76. The van der Waals surface area contributed by atoms with Crippen LogP contribution in [-0.2, 0) is 4.79 Å². The fourth-order valence-electron chi connectivity index (χ4n) is 3.33. The van der Waals surface area contributed by atoms with Crippen molar-refractivity contribution in [3.05, 3.63) is 54.6 Å². The van der Waals surface area contributed by atoms with Crippen LogP contribution in [0.4, 0.5) is 21.6 Å². The summed E-state index contributed by atoms with van der Waals surface area (Å²) in [7, 11) is 1.54. The minimum Gasteiger partial charge on any atom is -0.494 e. The molecule has 2 aromatic heterocycles. The molecule has 164 valence electrons. The predicted molar refractivity (Wildman–Crippen MR) is 118 cm³/mol. The zero-order valence-corrected chi connectivity index (χ0v) is 17.6. The summed E-state index contributed by atoms with van der Waals surface area (Å²) in [6, 6.07) is 7.04. The smallest absolute Gasteiger partial charge is 0.231 e. The third kappa shape index (κ3) is 4.41. The zero-order chi connectivity index (χ0) is 22.7. The summed E-state index contributed by atoms with van der Waals surface area (Å²) in [4.78, 5) is 37.2. The largest absolute Gasteiger partial charge is 0.494 e. The second kappa shape index (κ2) is 9.09. The van der Waals surface area contributed by atoms with Crippen LogP contribution in [0.25, 0.3) is 11.3 Å². The molecule has 0 unspecified atom stereocenters. The molecule has 3 aromatic rings. The van der Waals surface area contributed by atoms with Gasteiger partial charge in [-0.15, -0.1) is 0 Å². The first-order valence-electron chi connectivity index (χ1n) is 10.2. The number of para-hydroxylation sites is 1. The molecule has 0 bridgehead atoms. The van der Waals surface area contributed by atoms with Crippen LogP contribution >= 0.6 is 0 Å². The summed E-state index contributed by atoms with van der Waals surface area (Å²) < 4.78 is 18.8. The number of pyridine rings is 1. The van der Waals surface area contributed by atoms with Gasteiger partial charge in [-0.2, -0.15) is 0 Å². The van der Waals surface area contributed by atoms with Crippen molar-refractivity contribution in [2.45, 2.75) is 25.9 Å². The third-order valence-electron chi connectivity index (χ3n) is 5.15. The fraction of sp³-hybridized carbons (Fsp3) is 0.261. The number of methoxy groups -OCH3 is 1. The molecule has 1 aromatic carbocycles. The number of Topliss-reactive ketones (excluding diaryl/α,β-unsaturated/α-hetero) is 1. The molecule has 8 nitrogen and oxygen atoms in total. The Bertz CT molecular complexity index is 1160. The normalized spacial score (nSPS) is 16.8. The Morgan fingerprint density at radius 3 is 2.66 bits per heavy atom. The summed E-state index contributed by atoms with van der Waals surface area (Å²) in [5.74, 6) is -0.438. The van der Waals surface area contributed by atoms with Crippen molar-refractivity contribution >= 4 is 28.9 Å². The van der Waals surface area contributed by atoms with Crippen molar-refractivity contribution in [3.63, 3.8) is 0 Å². The van der Waals surface area contributed by atoms with Crippen LogP contribution in [0.2, 0.25) is 0 Å². The number of carbonyl (C=O) groups excluding carboxylic acids is 2. The van der Waals surface area contributed by atoms with Gasteiger partial charge in [0.25, 0.3) is 0 Å². The number of anilines is 3. The van der Waals surface area contributed by atoms with Crippen LogP contribution in [0.15, 0.2) is 49.1 Å². The Balaban J connectivity index is 1.70. The lowest BCUT2D eigenvalue weighted by Crippen LogP contribution is -2.16. The van der Waals surface area contributed by atoms with E-state index in [0.29, 0.717) is 28.4 Å². The molecule has 0 radical (unpaired) electrons. The highest BCUT2D eigenvalue weighted by Crippen LogP contribution is 2.38. The molecule has 0 spiro atoms. The van der Waals surface area contributed by atoms with E-state index in [1.54, 1.807) is 44.8 Å². The number of hydrogen-bond acceptors (Lipinski definition) is 7. The second-order valence-electron chi connectivity index (χ2n) is 7.34. The van der Waals surface area contributed by atoms with Gasteiger partial charge in [0.1, 0.15) is 12.0 Å². The van der Waals surface area contributed by atoms with Crippen molar-refractivity contribution in [1.29, 1.82) is 0 Å². The van der Waals surface area contributed by atoms with E-state index in [1.165, 1.54) is 6.20 Å². The molecule has 1 aliphatic carbocycles. The number of benzene rings is 1. The number of aromatic nitrogens is 3. The number of halogens is 1. The molecule has 9 heteroatoms. The standard InChI is InChI=1S/C23H22FN5O3/c1-3-20(30)15-11-27-21(29-23(31)14-9-16(14)24)10-18(15)28-17-6-4-5-13(22(17)32-2)19-12-25-7-8-26-19/h4-8,10-12,14,16H,3,9H2,1-2H3,(H2,27,28,29,31)/t14-,16+/m0/s1. The number of carbonyl (C=O) groups is 2. The van der Waals surface area contributed by atoms with Crippen LogP contribution in [0.3, 0.4) is 0 Å². The van der Waals surface area contributed by atoms with Gasteiger partial charge in [-0.1, -0.05) is 13.0 Å². The van der Waals surface area contributed by atoms with Crippen molar-refractivity contribution in [1.82, 2.24) is 15.0 Å². The molecule has 1 saturated carbocycles. The summed E-state index contributed by atoms with van der Waals surface area (Å²) in [6.45, 7) is 1.76. The molecular formula is C23H22FN5O3. The minimum absolute atomic E-state index is 0.118. The van der Waals surface area contributed by atoms with Gasteiger partial charge >= 0.3 is 0 Å². The van der Waals surface area contributed by atoms with Gasteiger partial charge in [-0.25, -0.2) is 9.37 Å². The molecule has 1 aliphatic rings. The highest BCUT2D eigenvalue weighted by molar-refractivity contribution is 6.03. The van der Waals surface area contributed by atoms with E-state index >= 15 is 0 Å². The molecule has 2 atom stereocenters. The van der Waals surface area contributed by atoms with E-state index in [0.717, 1.165) is 5.56 Å². The number of ether oxygens (including phenoxy) is 1. The Hall–Kier alpha value is -3.88. The van der Waals surface area contributed by atoms with Crippen LogP contribution in [0, 0.1) is 5.92 Å². The molecule has 1 fully saturated rings. The van der Waals surface area contributed by atoms with Gasteiger partial charge in [-0.3, -0.25) is 19.6 Å². The number of nitrogens with zero attached hydrogens (tertiary/aromatic N) is 3. The molecule has 0 aliphatic heterocycles. The van der Waals surface area contributed by atoms with E-state index in [9.17, 15) is 14.0 Å². The first kappa shape index (κ1) is 21.4. The predicted octanol–water partition coefficient (Wildman–Crippen LogP) is 4.18. The number of nitrogens with one attached hydrogen (secondary N) is 2. The molecular weight excluding hydrogens is 413 g/mol. The number of hydrogen-bond donors (Lipinski definition) is 2. The number of rotatable bonds is 8. The molecule has 32 heavy (non-hydrogen) atoms. The highest BCUT2D eigenvalue weighted by Gasteiger charge is 2.43. The Morgan fingerprint density at radius 2 is 2.00 bits per heavy atom. The average molecular weight is 435 g/mol. The topological polar surface area (TPSA) is 106 Å². The van der Waals surface area contributed by atoms with Gasteiger partial charge in [-0.05, 0) is 18.6 Å². The van der Waals surface area contributed by atoms with Gasteiger partial charge in [0, 0.05) is 36.6 Å². The minimum atomic E-state index is -1.11. The van der Waals surface area contributed by atoms with E-state index in [4.69, 9.17) is 4.74 Å². The molecule has 2 N–H and O–H groups in total. The summed E-state index contributed by atoms with van der Waals surface area (Å²) >= 11 is 0. The molecule has 2 heterocycles. The Kier molecular flexibility index (Phi) is 6.07. The van der Waals surface area contributed by atoms with Crippen molar-refractivity contribution in [2.75, 3.05) is 17.7 Å². The average Bonchev–Trinajstić information content (AvgIpc) is 3.56. The second-order valence-corrected chi connectivity index (χ2v) is 7.34. The van der Waals surface area contributed by atoms with Gasteiger partial charge in [0.05, 0.1) is 41.9 Å². The van der Waals surface area contributed by atoms with Crippen LogP contribution in [-0.4, -0.2) is 39.9 Å². The molecule has 4 rings (SSSR count). The number of amides is 1. The summed E-state index contributed by atoms with van der Waals surface area (Å²) in [6.07, 6.45) is 5.60. The molecule has 0 saturated heterocycles. The highest BCUT2D eigenvalue weighted by atomic mass is 19.1. The molecule has 1 amide bonds. The maximum Gasteiger partial charge on any atom is 0.231 e. The summed E-state index contributed by atoms with van der Waals surface area (Å²) in [5, 5.41) is 5.84. The maximum atomic E-state index is 13.2. The van der Waals surface area contributed by atoms with Crippen LogP contribution in [0.5, 0.6) is 5.75 Å². The Morgan fingerprint density at radius 1 is 1.19 bits per heavy atom. The lowest BCUT2D eigenvalue weighted by Gasteiger charge is -2.17. The van der Waals surface area contributed by atoms with E-state index in [2.05, 4.69) is 25.6 Å². The third-order valence-corrected chi connectivity index (χ3v) is 5.15. The van der Waals surface area contributed by atoms with Gasteiger partial charge in [0.15, 0.2) is 11.5 Å². The van der Waals surface area contributed by atoms with Gasteiger partial charge in [0.2, 0.25) is 5.91 Å². The monoisotopic (exact) mass is 435 g/mol. The Labute approximate surface area is 184 Å². The van der Waals surface area contributed by atoms with Crippen molar-refractivity contribution < 1.29 is 18.7 Å². The van der Waals surface area contributed by atoms with Crippen molar-refractivity contribution in [2.24, 2.45) is 5.92 Å². The first-order valence-corrected chi connectivity index (χ1v) is 10.2. The van der Waals surface area contributed by atoms with E-state index < -0.39 is 18.0 Å². The number of alkyl halides is 1. The zero-order valence-electron chi connectivity index (χ0n) is 17.6. The van der Waals surface area contributed by atoms with Crippen LogP contribution in [0.1, 0.15) is 30.1 Å². The first-order chi connectivity index (χ1) is 15.5. The van der Waals surface area contributed by atoms with Crippen LogP contribution < -0.4 is 15.4 Å². The quantitative estimate of drug-likeness (QED) is 0.511. The lowest BCUT2D eigenvalue weighted by atomic mass is 10.1. The fourth-order valence-corrected chi connectivity index (χ4v) is 3.33.